The van der Waals surface area contributed by atoms with Crippen molar-refractivity contribution in [2.45, 2.75) is 12.8 Å². The lowest BCUT2D eigenvalue weighted by atomic mass is 9.96. The van der Waals surface area contributed by atoms with Gasteiger partial charge in [0.2, 0.25) is 5.91 Å². The number of piperidine rings is 1. The van der Waals surface area contributed by atoms with Gasteiger partial charge in [-0.05, 0) is 25.0 Å². The number of halogens is 2. The number of amides is 2. The zero-order valence-corrected chi connectivity index (χ0v) is 11.6. The first-order valence-electron chi connectivity index (χ1n) is 5.89. The smallest absolute Gasteiger partial charge is 0.274 e. The minimum atomic E-state index is -0.314. The van der Waals surface area contributed by atoms with Crippen LogP contribution in [0, 0.1) is 5.92 Å². The Kier molecular flexibility index (Phi) is 4.27. The highest BCUT2D eigenvalue weighted by Gasteiger charge is 2.28. The molecule has 2 amide bonds. The number of likely N-dealkylation sites (tertiary alicyclic amines) is 1. The van der Waals surface area contributed by atoms with Crippen molar-refractivity contribution in [3.05, 3.63) is 28.0 Å². The molecule has 2 rings (SSSR count). The molecular formula is C12H13Cl2N3O2. The molecule has 0 saturated carbocycles. The van der Waals surface area contributed by atoms with Gasteiger partial charge in [0.05, 0.1) is 5.02 Å². The summed E-state index contributed by atoms with van der Waals surface area (Å²) < 4.78 is 0. The molecule has 0 aromatic carbocycles. The second-order valence-corrected chi connectivity index (χ2v) is 5.23. The van der Waals surface area contributed by atoms with Gasteiger partial charge < -0.3 is 10.6 Å². The molecule has 1 aliphatic rings. The van der Waals surface area contributed by atoms with Crippen molar-refractivity contribution in [1.29, 1.82) is 0 Å². The van der Waals surface area contributed by atoms with Crippen molar-refractivity contribution in [3.63, 3.8) is 0 Å². The summed E-state index contributed by atoms with van der Waals surface area (Å²) in [6.07, 6.45) is 1.14. The molecule has 1 aromatic heterocycles. The molecule has 0 bridgehead atoms. The van der Waals surface area contributed by atoms with Gasteiger partial charge in [0.15, 0.2) is 0 Å². The van der Waals surface area contributed by atoms with E-state index in [-0.39, 0.29) is 33.6 Å². The minimum Gasteiger partial charge on any atom is -0.369 e. The molecule has 0 atom stereocenters. The number of aromatic nitrogens is 1. The van der Waals surface area contributed by atoms with Crippen LogP contribution in [-0.4, -0.2) is 34.8 Å². The van der Waals surface area contributed by atoms with Crippen LogP contribution in [0.1, 0.15) is 23.3 Å². The third-order valence-corrected chi connectivity index (χ3v) is 3.71. The number of pyridine rings is 1. The van der Waals surface area contributed by atoms with E-state index in [0.717, 1.165) is 0 Å². The van der Waals surface area contributed by atoms with Gasteiger partial charge in [-0.25, -0.2) is 4.98 Å². The number of nitrogens with two attached hydrogens (primary N) is 1. The summed E-state index contributed by atoms with van der Waals surface area (Å²) in [5.41, 5.74) is 5.40. The van der Waals surface area contributed by atoms with Crippen LogP contribution in [0.25, 0.3) is 0 Å². The molecule has 0 spiro atoms. The Labute approximate surface area is 120 Å². The first-order valence-corrected chi connectivity index (χ1v) is 6.65. The maximum atomic E-state index is 12.3. The third kappa shape index (κ3) is 3.16. The average Bonchev–Trinajstić information content (AvgIpc) is 2.41. The fourth-order valence-electron chi connectivity index (χ4n) is 2.09. The van der Waals surface area contributed by atoms with Crippen LogP contribution in [0.4, 0.5) is 0 Å². The number of rotatable bonds is 2. The topological polar surface area (TPSA) is 76.3 Å². The SMILES string of the molecule is NC(=O)C1CCN(C(=O)c2nc(Cl)ccc2Cl)CC1. The summed E-state index contributed by atoms with van der Waals surface area (Å²) in [6.45, 7) is 0.938. The normalized spacial score (nSPS) is 16.4. The number of carbonyl (C=O) groups is 2. The summed E-state index contributed by atoms with van der Waals surface area (Å²) in [7, 11) is 0. The molecule has 0 unspecified atom stereocenters. The van der Waals surface area contributed by atoms with Crippen LogP contribution in [0.2, 0.25) is 10.2 Å². The van der Waals surface area contributed by atoms with Crippen LogP contribution < -0.4 is 5.73 Å². The molecular weight excluding hydrogens is 289 g/mol. The van der Waals surface area contributed by atoms with E-state index in [2.05, 4.69) is 4.98 Å². The van der Waals surface area contributed by atoms with Gasteiger partial charge in [-0.2, -0.15) is 0 Å². The number of primary amides is 1. The summed E-state index contributed by atoms with van der Waals surface area (Å²) >= 11 is 11.7. The van der Waals surface area contributed by atoms with E-state index in [1.807, 2.05) is 0 Å². The van der Waals surface area contributed by atoms with Crippen molar-refractivity contribution < 1.29 is 9.59 Å². The van der Waals surface area contributed by atoms with Crippen LogP contribution in [0.5, 0.6) is 0 Å². The van der Waals surface area contributed by atoms with E-state index < -0.39 is 0 Å². The van der Waals surface area contributed by atoms with Crippen LogP contribution in [-0.2, 0) is 4.79 Å². The predicted molar refractivity (Wildman–Crippen MR) is 72.1 cm³/mol. The zero-order valence-electron chi connectivity index (χ0n) is 10.1. The molecule has 7 heteroatoms. The molecule has 2 N–H and O–H groups in total. The zero-order chi connectivity index (χ0) is 14.0. The second kappa shape index (κ2) is 5.75. The molecule has 1 aliphatic heterocycles. The minimum absolute atomic E-state index is 0.145. The van der Waals surface area contributed by atoms with Crippen molar-refractivity contribution in [3.8, 4) is 0 Å². The Morgan fingerprint density at radius 2 is 1.89 bits per heavy atom. The van der Waals surface area contributed by atoms with Crippen molar-refractivity contribution in [1.82, 2.24) is 9.88 Å². The van der Waals surface area contributed by atoms with Crippen molar-refractivity contribution >= 4 is 35.0 Å². The van der Waals surface area contributed by atoms with Crippen molar-refractivity contribution in [2.24, 2.45) is 11.7 Å². The highest BCUT2D eigenvalue weighted by Crippen LogP contribution is 2.22. The molecule has 19 heavy (non-hydrogen) atoms. The maximum absolute atomic E-state index is 12.3. The summed E-state index contributed by atoms with van der Waals surface area (Å²) in [5, 5.41) is 0.492. The van der Waals surface area contributed by atoms with Gasteiger partial charge in [-0.15, -0.1) is 0 Å². The monoisotopic (exact) mass is 301 g/mol. The van der Waals surface area contributed by atoms with E-state index in [1.54, 1.807) is 11.0 Å². The standard InChI is InChI=1S/C12H13Cl2N3O2/c13-8-1-2-9(14)16-10(8)12(19)17-5-3-7(4-6-17)11(15)18/h1-2,7H,3-6H2,(H2,15,18). The molecule has 102 valence electrons. The molecule has 1 saturated heterocycles. The van der Waals surface area contributed by atoms with E-state index in [4.69, 9.17) is 28.9 Å². The molecule has 1 fully saturated rings. The first kappa shape index (κ1) is 14.1. The van der Waals surface area contributed by atoms with E-state index in [9.17, 15) is 9.59 Å². The highest BCUT2D eigenvalue weighted by molar-refractivity contribution is 6.34. The predicted octanol–water partition coefficient (Wildman–Crippen LogP) is 1.73. The maximum Gasteiger partial charge on any atom is 0.274 e. The Morgan fingerprint density at radius 3 is 2.47 bits per heavy atom. The Morgan fingerprint density at radius 1 is 1.26 bits per heavy atom. The summed E-state index contributed by atoms with van der Waals surface area (Å²) in [5.74, 6) is -0.742. The quantitative estimate of drug-likeness (QED) is 0.845. The average molecular weight is 302 g/mol. The van der Waals surface area contributed by atoms with E-state index >= 15 is 0 Å². The molecule has 5 nitrogen and oxygen atoms in total. The van der Waals surface area contributed by atoms with Gasteiger partial charge in [-0.1, -0.05) is 23.2 Å². The van der Waals surface area contributed by atoms with Crippen molar-refractivity contribution in [2.75, 3.05) is 13.1 Å². The van der Waals surface area contributed by atoms with Gasteiger partial charge in [0.25, 0.3) is 5.91 Å². The third-order valence-electron chi connectivity index (χ3n) is 3.20. The number of hydrogen-bond donors (Lipinski definition) is 1. The number of nitrogens with zero attached hydrogens (tertiary/aromatic N) is 2. The lowest BCUT2D eigenvalue weighted by molar-refractivity contribution is -0.123. The van der Waals surface area contributed by atoms with E-state index in [1.165, 1.54) is 6.07 Å². The van der Waals surface area contributed by atoms with Crippen LogP contribution in [0.15, 0.2) is 12.1 Å². The van der Waals surface area contributed by atoms with Crippen LogP contribution in [0.3, 0.4) is 0 Å². The lowest BCUT2D eigenvalue weighted by Crippen LogP contribution is -2.42. The second-order valence-electron chi connectivity index (χ2n) is 4.43. The molecule has 2 heterocycles. The first-order chi connectivity index (χ1) is 8.99. The molecule has 0 aliphatic carbocycles. The lowest BCUT2D eigenvalue weighted by Gasteiger charge is -2.30. The van der Waals surface area contributed by atoms with E-state index in [0.29, 0.717) is 25.9 Å². The van der Waals surface area contributed by atoms with Gasteiger partial charge in [0, 0.05) is 19.0 Å². The number of carbonyl (C=O) groups excluding carboxylic acids is 2. The summed E-state index contributed by atoms with van der Waals surface area (Å²) in [6, 6.07) is 3.07. The highest BCUT2D eigenvalue weighted by atomic mass is 35.5. The molecule has 1 aromatic rings. The Hall–Kier alpha value is -1.33. The summed E-state index contributed by atoms with van der Waals surface area (Å²) in [4.78, 5) is 28.9. The van der Waals surface area contributed by atoms with Gasteiger partial charge in [0.1, 0.15) is 10.8 Å². The largest absolute Gasteiger partial charge is 0.369 e. The molecule has 0 radical (unpaired) electrons. The Bertz CT molecular complexity index is 514. The number of hydrogen-bond acceptors (Lipinski definition) is 3. The van der Waals surface area contributed by atoms with Gasteiger partial charge >= 0.3 is 0 Å². The fourth-order valence-corrected chi connectivity index (χ4v) is 2.42. The van der Waals surface area contributed by atoms with Crippen LogP contribution >= 0.6 is 23.2 Å². The Balaban J connectivity index is 2.09. The fraction of sp³-hybridized carbons (Fsp3) is 0.417. The van der Waals surface area contributed by atoms with Gasteiger partial charge in [-0.3, -0.25) is 9.59 Å².